The molecule has 1 aliphatic heterocycles. The van der Waals surface area contributed by atoms with Crippen molar-refractivity contribution in [1.29, 1.82) is 0 Å². The second kappa shape index (κ2) is 5.08. The van der Waals surface area contributed by atoms with Crippen LogP contribution in [0.5, 0.6) is 0 Å². The summed E-state index contributed by atoms with van der Waals surface area (Å²) in [5, 5.41) is 0. The summed E-state index contributed by atoms with van der Waals surface area (Å²) < 4.78 is 4.49. The van der Waals surface area contributed by atoms with Crippen LogP contribution in [0.3, 0.4) is 0 Å². The molecule has 0 saturated heterocycles. The third kappa shape index (κ3) is 2.69. The van der Waals surface area contributed by atoms with Crippen molar-refractivity contribution in [2.75, 3.05) is 0 Å². The molecule has 0 aromatic heterocycles. The molecule has 0 aliphatic carbocycles. The van der Waals surface area contributed by atoms with E-state index in [1.807, 2.05) is 0 Å². The van der Waals surface area contributed by atoms with Gasteiger partial charge in [-0.1, -0.05) is 0 Å². The Morgan fingerprint density at radius 2 is 1.73 bits per heavy atom. The Labute approximate surface area is 102 Å². The van der Waals surface area contributed by atoms with Crippen LogP contribution in [0.25, 0.3) is 0 Å². The average Bonchev–Trinajstić information content (AvgIpc) is 2.54. The van der Waals surface area contributed by atoms with Gasteiger partial charge in [0.1, 0.15) is 0 Å². The third-order valence-corrected chi connectivity index (χ3v) is 6.72. The van der Waals surface area contributed by atoms with Crippen molar-refractivity contribution in [1.82, 2.24) is 3.83 Å². The van der Waals surface area contributed by atoms with Crippen molar-refractivity contribution < 1.29 is 0 Å². The maximum atomic E-state index is 2.73. The summed E-state index contributed by atoms with van der Waals surface area (Å²) in [6.07, 6.45) is 3.77. The van der Waals surface area contributed by atoms with Crippen molar-refractivity contribution in [3.05, 3.63) is 9.94 Å². The molecule has 15 heavy (non-hydrogen) atoms. The molecule has 0 radical (unpaired) electrons. The number of nitrogens with zero attached hydrogens (tertiary/aromatic N) is 1. The molecule has 1 rings (SSSR count). The minimum absolute atomic E-state index is 0.331. The summed E-state index contributed by atoms with van der Waals surface area (Å²) in [5.41, 5.74) is 2.08. The first-order chi connectivity index (χ1) is 6.95. The Kier molecular flexibility index (Phi) is 4.52. The van der Waals surface area contributed by atoms with E-state index in [1.54, 1.807) is 9.94 Å². The molecular weight excluding hydrogens is 248 g/mol. The monoisotopic (exact) mass is 273 g/mol. The number of rotatable bonds is 3. The second-order valence-corrected chi connectivity index (χ2v) is 7.41. The Morgan fingerprint density at radius 3 is 2.07 bits per heavy atom. The van der Waals surface area contributed by atoms with Crippen LogP contribution in [0.1, 0.15) is 54.4 Å². The SMILES string of the molecule is CCB1C(CC)=C(CC)[Se]N1C(C)(C)C. The first kappa shape index (κ1) is 13.3. The molecule has 0 amide bonds. The topological polar surface area (TPSA) is 3.24 Å². The Bertz CT molecular complexity index is 255. The van der Waals surface area contributed by atoms with Crippen molar-refractivity contribution in [3.8, 4) is 0 Å². The van der Waals surface area contributed by atoms with Crippen molar-refractivity contribution >= 4 is 22.0 Å². The normalized spacial score (nSPS) is 19.2. The number of allylic oxidation sites excluding steroid dienone is 2. The molecule has 0 atom stereocenters. The quantitative estimate of drug-likeness (QED) is 0.712. The molecule has 1 heterocycles. The van der Waals surface area contributed by atoms with E-state index in [0.29, 0.717) is 20.7 Å². The van der Waals surface area contributed by atoms with Crippen LogP contribution in [0, 0.1) is 0 Å². The van der Waals surface area contributed by atoms with E-state index >= 15 is 0 Å². The van der Waals surface area contributed by atoms with Gasteiger partial charge in [0.05, 0.1) is 0 Å². The van der Waals surface area contributed by atoms with Crippen molar-refractivity contribution in [3.63, 3.8) is 0 Å². The van der Waals surface area contributed by atoms with E-state index in [9.17, 15) is 0 Å². The zero-order chi connectivity index (χ0) is 11.6. The summed E-state index contributed by atoms with van der Waals surface area (Å²) in [6.45, 7) is 14.7. The van der Waals surface area contributed by atoms with Crippen LogP contribution in [0.2, 0.25) is 6.32 Å². The molecule has 86 valence electrons. The van der Waals surface area contributed by atoms with E-state index in [1.165, 1.54) is 19.2 Å². The molecule has 0 aromatic carbocycles. The third-order valence-electron chi connectivity index (χ3n) is 3.00. The van der Waals surface area contributed by atoms with Crippen LogP contribution in [-0.2, 0) is 0 Å². The molecule has 0 bridgehead atoms. The molecule has 0 saturated carbocycles. The first-order valence-electron chi connectivity index (χ1n) is 6.14. The van der Waals surface area contributed by atoms with Gasteiger partial charge in [0, 0.05) is 0 Å². The maximum absolute atomic E-state index is 2.73. The van der Waals surface area contributed by atoms with E-state index in [-0.39, 0.29) is 0 Å². The van der Waals surface area contributed by atoms with Crippen LogP contribution < -0.4 is 0 Å². The molecule has 3 heteroatoms. The standard InChI is InChI=1S/C12H24BNSe/c1-7-10-11(8-2)15-14(12(4,5)6)13(10)9-3/h7-9H2,1-6H3. The summed E-state index contributed by atoms with van der Waals surface area (Å²) in [6, 6.07) is 0. The van der Waals surface area contributed by atoms with Gasteiger partial charge in [-0.15, -0.1) is 0 Å². The molecule has 1 aliphatic rings. The van der Waals surface area contributed by atoms with Gasteiger partial charge in [0.2, 0.25) is 0 Å². The van der Waals surface area contributed by atoms with Gasteiger partial charge in [-0.25, -0.2) is 0 Å². The van der Waals surface area contributed by atoms with Gasteiger partial charge >= 0.3 is 102 Å². The fourth-order valence-electron chi connectivity index (χ4n) is 2.31. The van der Waals surface area contributed by atoms with Gasteiger partial charge in [0.25, 0.3) is 0 Å². The van der Waals surface area contributed by atoms with Crippen LogP contribution in [-0.4, -0.2) is 31.4 Å². The first-order valence-corrected chi connectivity index (χ1v) is 7.77. The predicted octanol–water partition coefficient (Wildman–Crippen LogP) is 3.34. The Hall–Kier alpha value is 0.284. The average molecular weight is 272 g/mol. The number of hydrogen-bond acceptors (Lipinski definition) is 1. The zero-order valence-corrected chi connectivity index (χ0v) is 12.8. The summed E-state index contributed by atoms with van der Waals surface area (Å²) in [4.78, 5) is 0. The van der Waals surface area contributed by atoms with Gasteiger partial charge < -0.3 is 0 Å². The Morgan fingerprint density at radius 1 is 1.13 bits per heavy atom. The van der Waals surface area contributed by atoms with E-state index < -0.39 is 0 Å². The molecule has 0 spiro atoms. The summed E-state index contributed by atoms with van der Waals surface area (Å²) in [5.74, 6) is 0. The molecule has 1 nitrogen and oxygen atoms in total. The van der Waals surface area contributed by atoms with Gasteiger partial charge in [-0.05, 0) is 0 Å². The predicted molar refractivity (Wildman–Crippen MR) is 71.2 cm³/mol. The van der Waals surface area contributed by atoms with Crippen LogP contribution in [0.4, 0.5) is 0 Å². The van der Waals surface area contributed by atoms with Gasteiger partial charge in [-0.2, -0.15) is 0 Å². The van der Waals surface area contributed by atoms with Crippen LogP contribution in [0.15, 0.2) is 9.94 Å². The fraction of sp³-hybridized carbons (Fsp3) is 0.833. The molecule has 0 unspecified atom stereocenters. The molecular formula is C12H24BNSe. The van der Waals surface area contributed by atoms with Crippen molar-refractivity contribution in [2.45, 2.75) is 66.2 Å². The molecule has 0 aromatic rings. The molecule has 0 fully saturated rings. The zero-order valence-electron chi connectivity index (χ0n) is 11.1. The van der Waals surface area contributed by atoms with Crippen molar-refractivity contribution in [2.24, 2.45) is 0 Å². The minimum atomic E-state index is 0.331. The number of hydrogen-bond donors (Lipinski definition) is 0. The van der Waals surface area contributed by atoms with Gasteiger partial charge in [0.15, 0.2) is 0 Å². The van der Waals surface area contributed by atoms with Gasteiger partial charge in [-0.3, -0.25) is 0 Å². The van der Waals surface area contributed by atoms with E-state index in [2.05, 4.69) is 45.4 Å². The van der Waals surface area contributed by atoms with E-state index in [0.717, 1.165) is 6.85 Å². The fourth-order valence-corrected chi connectivity index (χ4v) is 5.33. The Balaban J connectivity index is 2.94. The van der Waals surface area contributed by atoms with E-state index in [4.69, 9.17) is 0 Å². The van der Waals surface area contributed by atoms with Crippen LogP contribution >= 0.6 is 0 Å². The second-order valence-electron chi connectivity index (χ2n) is 5.17. The molecule has 0 N–H and O–H groups in total. The summed E-state index contributed by atoms with van der Waals surface area (Å²) in [7, 11) is 0. The summed E-state index contributed by atoms with van der Waals surface area (Å²) >= 11 is 0.596.